The Balaban J connectivity index is 2.04. The number of nitrogens with zero attached hydrogens (tertiary/aromatic N) is 1. The Morgan fingerprint density at radius 1 is 1.42 bits per heavy atom. The number of amides is 2. The highest BCUT2D eigenvalue weighted by molar-refractivity contribution is 7.93. The number of urea groups is 1. The van der Waals surface area contributed by atoms with E-state index in [1.807, 2.05) is 4.90 Å². The van der Waals surface area contributed by atoms with E-state index in [0.29, 0.717) is 5.92 Å². The van der Waals surface area contributed by atoms with Crippen molar-refractivity contribution in [2.75, 3.05) is 12.8 Å². The van der Waals surface area contributed by atoms with Crippen molar-refractivity contribution in [1.82, 2.24) is 10.2 Å². The van der Waals surface area contributed by atoms with Gasteiger partial charge in [0.25, 0.3) is 0 Å². The van der Waals surface area contributed by atoms with Gasteiger partial charge in [-0.25, -0.2) is 13.2 Å². The van der Waals surface area contributed by atoms with Gasteiger partial charge in [-0.05, 0) is 51.4 Å². The zero-order valence-electron chi connectivity index (χ0n) is 15.0. The van der Waals surface area contributed by atoms with Crippen LogP contribution in [0.25, 0.3) is 0 Å². The van der Waals surface area contributed by atoms with E-state index in [9.17, 15) is 13.2 Å². The number of carbonyl (C=O) groups is 1. The van der Waals surface area contributed by atoms with Crippen LogP contribution in [0.5, 0.6) is 0 Å². The Bertz CT molecular complexity index is 610. The largest absolute Gasteiger partial charge is 0.332 e. The van der Waals surface area contributed by atoms with Crippen molar-refractivity contribution in [2.24, 2.45) is 5.92 Å². The van der Waals surface area contributed by atoms with Crippen LogP contribution in [0.2, 0.25) is 0 Å². The van der Waals surface area contributed by atoms with Crippen molar-refractivity contribution >= 4 is 15.9 Å². The van der Waals surface area contributed by atoms with Crippen LogP contribution in [0.1, 0.15) is 52.4 Å². The Kier molecular flexibility index (Phi) is 6.49. The molecule has 2 rings (SSSR count). The lowest BCUT2D eigenvalue weighted by molar-refractivity contribution is 0.142. The fourth-order valence-corrected chi connectivity index (χ4v) is 4.01. The highest BCUT2D eigenvalue weighted by Gasteiger charge is 2.32. The summed E-state index contributed by atoms with van der Waals surface area (Å²) < 4.78 is 22.4. The van der Waals surface area contributed by atoms with Crippen molar-refractivity contribution in [1.29, 1.82) is 0 Å². The first-order chi connectivity index (χ1) is 11.3. The maximum atomic E-state index is 12.7. The van der Waals surface area contributed by atoms with E-state index in [0.717, 1.165) is 43.9 Å². The molecule has 6 heteroatoms. The second-order valence-corrected chi connectivity index (χ2v) is 9.19. The topological polar surface area (TPSA) is 66.5 Å². The minimum atomic E-state index is -3.17. The molecule has 0 saturated carbocycles. The summed E-state index contributed by atoms with van der Waals surface area (Å²) in [5, 5.41) is 4.06. The summed E-state index contributed by atoms with van der Waals surface area (Å²) >= 11 is 0. The van der Waals surface area contributed by atoms with Crippen LogP contribution in [0.3, 0.4) is 0 Å². The predicted octanol–water partition coefficient (Wildman–Crippen LogP) is 3.24. The molecule has 24 heavy (non-hydrogen) atoms. The lowest BCUT2D eigenvalue weighted by Crippen LogP contribution is -2.52. The van der Waals surface area contributed by atoms with Crippen molar-refractivity contribution in [3.8, 4) is 0 Å². The highest BCUT2D eigenvalue weighted by atomic mass is 32.2. The molecule has 1 N–H and O–H groups in total. The Labute approximate surface area is 146 Å². The van der Waals surface area contributed by atoms with Gasteiger partial charge in [0.1, 0.15) is 0 Å². The van der Waals surface area contributed by atoms with Crippen LogP contribution in [-0.2, 0) is 9.84 Å². The van der Waals surface area contributed by atoms with Crippen LogP contribution < -0.4 is 5.32 Å². The van der Waals surface area contributed by atoms with Crippen LogP contribution in [0.15, 0.2) is 23.1 Å². The van der Waals surface area contributed by atoms with Gasteiger partial charge in [-0.15, -0.1) is 0 Å². The third-order valence-electron chi connectivity index (χ3n) is 4.85. The molecular formula is C18H30N2O3S. The molecule has 0 aromatic carbocycles. The van der Waals surface area contributed by atoms with Crippen molar-refractivity contribution in [3.63, 3.8) is 0 Å². The molecular weight excluding hydrogens is 324 g/mol. The van der Waals surface area contributed by atoms with Crippen molar-refractivity contribution in [3.05, 3.63) is 23.1 Å². The predicted molar refractivity (Wildman–Crippen MR) is 97.4 cm³/mol. The quantitative estimate of drug-likeness (QED) is 0.788. The van der Waals surface area contributed by atoms with Gasteiger partial charge in [-0.3, -0.25) is 0 Å². The summed E-state index contributed by atoms with van der Waals surface area (Å²) in [6, 6.07) is -0.211. The number of allylic oxidation sites excluding steroid dienone is 1. The SMILES string of the molecule is C[C@@H]1CCN(C(=O)N[C@@H](C)/C=C/S(C)(=O)=O)[C@H](C2=CCCCC2)C1. The molecule has 5 nitrogen and oxygen atoms in total. The lowest BCUT2D eigenvalue weighted by atomic mass is 9.84. The summed E-state index contributed by atoms with van der Waals surface area (Å²) in [5.41, 5.74) is 1.40. The molecule has 0 bridgehead atoms. The van der Waals surface area contributed by atoms with Gasteiger partial charge < -0.3 is 10.2 Å². The molecule has 136 valence electrons. The number of piperidine rings is 1. The highest BCUT2D eigenvalue weighted by Crippen LogP contribution is 2.32. The van der Waals surface area contributed by atoms with Gasteiger partial charge in [0, 0.05) is 24.3 Å². The van der Waals surface area contributed by atoms with E-state index < -0.39 is 9.84 Å². The molecule has 1 saturated heterocycles. The first kappa shape index (κ1) is 19.0. The fourth-order valence-electron chi connectivity index (χ4n) is 3.49. The van der Waals surface area contributed by atoms with E-state index >= 15 is 0 Å². The Morgan fingerprint density at radius 2 is 2.17 bits per heavy atom. The smallest absolute Gasteiger partial charge is 0.318 e. The van der Waals surface area contributed by atoms with Gasteiger partial charge >= 0.3 is 6.03 Å². The molecule has 0 radical (unpaired) electrons. The second-order valence-electron chi connectivity index (χ2n) is 7.26. The molecule has 0 aromatic rings. The number of carbonyl (C=O) groups excluding carboxylic acids is 1. The van der Waals surface area contributed by atoms with E-state index in [1.165, 1.54) is 24.5 Å². The summed E-state index contributed by atoms with van der Waals surface area (Å²) in [7, 11) is -3.17. The molecule has 2 aliphatic rings. The van der Waals surface area contributed by atoms with Gasteiger partial charge in [0.2, 0.25) is 0 Å². The first-order valence-corrected chi connectivity index (χ1v) is 10.9. The fraction of sp³-hybridized carbons (Fsp3) is 0.722. The third kappa shape index (κ3) is 5.65. The number of likely N-dealkylation sites (tertiary alicyclic amines) is 1. The number of sulfone groups is 1. The lowest BCUT2D eigenvalue weighted by Gasteiger charge is -2.41. The molecule has 0 unspecified atom stereocenters. The minimum Gasteiger partial charge on any atom is -0.332 e. The van der Waals surface area contributed by atoms with Crippen LogP contribution in [0, 0.1) is 5.92 Å². The number of hydrogen-bond donors (Lipinski definition) is 1. The van der Waals surface area contributed by atoms with Crippen LogP contribution >= 0.6 is 0 Å². The van der Waals surface area contributed by atoms with E-state index in [4.69, 9.17) is 0 Å². The number of hydrogen-bond acceptors (Lipinski definition) is 3. The monoisotopic (exact) mass is 354 g/mol. The molecule has 1 heterocycles. The van der Waals surface area contributed by atoms with E-state index in [2.05, 4.69) is 18.3 Å². The Morgan fingerprint density at radius 3 is 2.79 bits per heavy atom. The zero-order chi connectivity index (χ0) is 17.7. The normalized spacial score (nSPS) is 27.0. The van der Waals surface area contributed by atoms with Crippen LogP contribution in [0.4, 0.5) is 4.79 Å². The van der Waals surface area contributed by atoms with Gasteiger partial charge in [0.15, 0.2) is 9.84 Å². The summed E-state index contributed by atoms with van der Waals surface area (Å²) in [4.78, 5) is 14.6. The van der Waals surface area contributed by atoms with Gasteiger partial charge in [-0.1, -0.05) is 24.6 Å². The molecule has 3 atom stereocenters. The van der Waals surface area contributed by atoms with Gasteiger partial charge in [0.05, 0.1) is 6.04 Å². The maximum Gasteiger partial charge on any atom is 0.318 e. The summed E-state index contributed by atoms with van der Waals surface area (Å²) in [5.74, 6) is 0.629. The minimum absolute atomic E-state index is 0.0935. The maximum absolute atomic E-state index is 12.7. The molecule has 2 amide bonds. The molecule has 0 spiro atoms. The van der Waals surface area contributed by atoms with Crippen molar-refractivity contribution < 1.29 is 13.2 Å². The standard InChI is InChI=1S/C18H30N2O3S/c1-14-9-11-20(17(13-14)16-7-5-4-6-8-16)18(21)19-15(2)10-12-24(3,22)23/h7,10,12,14-15,17H,4-6,8-9,11,13H2,1-3H3,(H,19,21)/b12-10+/t14-,15+,17+/m1/s1. The van der Waals surface area contributed by atoms with Crippen LogP contribution in [-0.4, -0.2) is 44.2 Å². The van der Waals surface area contributed by atoms with Gasteiger partial charge in [-0.2, -0.15) is 0 Å². The third-order valence-corrected chi connectivity index (χ3v) is 5.50. The summed E-state index contributed by atoms with van der Waals surface area (Å²) in [6.07, 6.45) is 11.7. The first-order valence-electron chi connectivity index (χ1n) is 8.90. The average molecular weight is 355 g/mol. The zero-order valence-corrected chi connectivity index (χ0v) is 15.8. The van der Waals surface area contributed by atoms with E-state index in [1.54, 1.807) is 6.92 Å². The molecule has 1 aliphatic carbocycles. The molecule has 1 aliphatic heterocycles. The summed E-state index contributed by atoms with van der Waals surface area (Å²) in [6.45, 7) is 4.81. The molecule has 1 fully saturated rings. The second kappa shape index (κ2) is 8.19. The van der Waals surface area contributed by atoms with Crippen molar-refractivity contribution in [2.45, 2.75) is 64.5 Å². The van der Waals surface area contributed by atoms with E-state index in [-0.39, 0.29) is 18.1 Å². The average Bonchev–Trinajstić information content (AvgIpc) is 2.53. The number of rotatable bonds is 4. The molecule has 0 aromatic heterocycles. The Hall–Kier alpha value is -1.30. The number of nitrogens with one attached hydrogen (secondary N) is 1.